The number of piperidine rings is 1. The number of urea groups is 1. The second kappa shape index (κ2) is 6.71. The molecule has 0 atom stereocenters. The van der Waals surface area contributed by atoms with Crippen LogP contribution >= 0.6 is 0 Å². The number of hydrogen-bond acceptors (Lipinski definition) is 6. The van der Waals surface area contributed by atoms with Gasteiger partial charge in [-0.1, -0.05) is 0 Å². The van der Waals surface area contributed by atoms with E-state index in [1.54, 1.807) is 37.8 Å². The molecule has 9 heteroatoms. The molecule has 0 aromatic carbocycles. The Balaban J connectivity index is 1.82. The van der Waals surface area contributed by atoms with Crippen LogP contribution in [0.3, 0.4) is 0 Å². The summed E-state index contributed by atoms with van der Waals surface area (Å²) in [4.78, 5) is 44.5. The van der Waals surface area contributed by atoms with Gasteiger partial charge in [0.25, 0.3) is 5.91 Å². The van der Waals surface area contributed by atoms with Gasteiger partial charge in [-0.3, -0.25) is 15.0 Å². The number of rotatable bonds is 2. The maximum Gasteiger partial charge on any atom is 0.410 e. The number of methoxy groups -OCH3 is 1. The molecule has 3 rings (SSSR count). The van der Waals surface area contributed by atoms with Crippen LogP contribution in [0.2, 0.25) is 0 Å². The van der Waals surface area contributed by atoms with E-state index in [1.165, 1.54) is 18.2 Å². The van der Waals surface area contributed by atoms with Gasteiger partial charge in [-0.15, -0.1) is 0 Å². The second-order valence-electron chi connectivity index (χ2n) is 7.65. The third kappa shape index (κ3) is 3.54. The zero-order valence-electron chi connectivity index (χ0n) is 15.9. The highest BCUT2D eigenvalue weighted by Gasteiger charge is 2.55. The fraction of sp³-hybridized carbons (Fsp3) is 0.556. The smallest absolute Gasteiger partial charge is 0.410 e. The molecule has 2 fully saturated rings. The fourth-order valence-corrected chi connectivity index (χ4v) is 3.42. The number of carbonyl (C=O) groups excluding carboxylic acids is 3. The van der Waals surface area contributed by atoms with E-state index in [4.69, 9.17) is 9.47 Å². The summed E-state index contributed by atoms with van der Waals surface area (Å²) in [5.74, 6) is -0.00638. The third-order valence-corrected chi connectivity index (χ3v) is 4.70. The molecule has 0 radical (unpaired) electrons. The molecule has 2 aliphatic heterocycles. The van der Waals surface area contributed by atoms with Crippen LogP contribution < -0.4 is 15.0 Å². The van der Waals surface area contributed by atoms with E-state index in [9.17, 15) is 14.4 Å². The number of hydrogen-bond donors (Lipinski definition) is 1. The molecule has 1 spiro atoms. The largest absolute Gasteiger partial charge is 0.481 e. The van der Waals surface area contributed by atoms with Gasteiger partial charge < -0.3 is 14.4 Å². The van der Waals surface area contributed by atoms with E-state index in [2.05, 4.69) is 10.3 Å². The highest BCUT2D eigenvalue weighted by Crippen LogP contribution is 2.38. The van der Waals surface area contributed by atoms with Crippen molar-refractivity contribution >= 4 is 23.7 Å². The van der Waals surface area contributed by atoms with Gasteiger partial charge in [0.05, 0.1) is 12.8 Å². The number of aromatic nitrogens is 1. The van der Waals surface area contributed by atoms with Crippen LogP contribution in [0.15, 0.2) is 18.3 Å². The highest BCUT2D eigenvalue weighted by atomic mass is 16.6. The van der Waals surface area contributed by atoms with Gasteiger partial charge in [0.15, 0.2) is 0 Å². The summed E-state index contributed by atoms with van der Waals surface area (Å²) in [5.41, 5.74) is -1.11. The molecule has 3 heterocycles. The van der Waals surface area contributed by atoms with Crippen molar-refractivity contribution in [1.82, 2.24) is 15.2 Å². The van der Waals surface area contributed by atoms with E-state index in [0.717, 1.165) is 0 Å². The lowest BCUT2D eigenvalue weighted by Gasteiger charge is -2.42. The van der Waals surface area contributed by atoms with E-state index in [1.807, 2.05) is 0 Å². The van der Waals surface area contributed by atoms with Crippen molar-refractivity contribution in [2.75, 3.05) is 25.1 Å². The van der Waals surface area contributed by atoms with Gasteiger partial charge in [0.1, 0.15) is 11.1 Å². The maximum atomic E-state index is 12.6. The topological polar surface area (TPSA) is 101 Å². The molecule has 1 aromatic heterocycles. The van der Waals surface area contributed by atoms with Crippen LogP contribution in [-0.2, 0) is 9.53 Å². The molecule has 2 aliphatic rings. The lowest BCUT2D eigenvalue weighted by Crippen LogP contribution is -2.58. The number of pyridine rings is 1. The standard InChI is InChI=1S/C18H24N4O5/c1-17(2,3)27-16(25)21-9-6-18(7-10-21)14(23)20-15(24)22(18)12-5-8-19-13(11-12)26-4/h5,8,11H,6-7,9-10H2,1-4H3,(H,20,23,24). The first kappa shape index (κ1) is 18.9. The van der Waals surface area contributed by atoms with Gasteiger partial charge in [-0.05, 0) is 39.7 Å². The summed E-state index contributed by atoms with van der Waals surface area (Å²) in [5, 5.41) is 2.40. The molecule has 0 aliphatic carbocycles. The molecule has 0 unspecified atom stereocenters. The molecular weight excluding hydrogens is 352 g/mol. The first-order valence-electron chi connectivity index (χ1n) is 8.80. The summed E-state index contributed by atoms with van der Waals surface area (Å²) in [7, 11) is 1.48. The lowest BCUT2D eigenvalue weighted by atomic mass is 9.86. The first-order valence-corrected chi connectivity index (χ1v) is 8.80. The van der Waals surface area contributed by atoms with Gasteiger partial charge >= 0.3 is 12.1 Å². The minimum atomic E-state index is -1.04. The zero-order chi connectivity index (χ0) is 19.8. The molecule has 146 valence electrons. The number of carbonyl (C=O) groups is 3. The average molecular weight is 376 g/mol. The van der Waals surface area contributed by atoms with Crippen LogP contribution in [0.25, 0.3) is 0 Å². The monoisotopic (exact) mass is 376 g/mol. The normalized spacial score (nSPS) is 19.3. The minimum absolute atomic E-state index is 0.314. The van der Waals surface area contributed by atoms with E-state index in [0.29, 0.717) is 37.5 Å². The Bertz CT molecular complexity index is 765. The number of nitrogens with zero attached hydrogens (tertiary/aromatic N) is 3. The Hall–Kier alpha value is -2.84. The first-order chi connectivity index (χ1) is 12.7. The number of anilines is 1. The molecular formula is C18H24N4O5. The second-order valence-corrected chi connectivity index (χ2v) is 7.65. The summed E-state index contributed by atoms with van der Waals surface area (Å²) in [6.45, 7) is 6.04. The molecule has 0 bridgehead atoms. The van der Waals surface area contributed by atoms with Gasteiger partial charge in [-0.2, -0.15) is 0 Å². The number of imide groups is 1. The van der Waals surface area contributed by atoms with Crippen molar-refractivity contribution in [3.8, 4) is 5.88 Å². The number of amides is 4. The molecule has 1 N–H and O–H groups in total. The molecule has 0 saturated carbocycles. The summed E-state index contributed by atoms with van der Waals surface area (Å²) in [6, 6.07) is 2.78. The molecule has 9 nitrogen and oxygen atoms in total. The Morgan fingerprint density at radius 3 is 2.52 bits per heavy atom. The van der Waals surface area contributed by atoms with Crippen molar-refractivity contribution in [2.24, 2.45) is 0 Å². The quantitative estimate of drug-likeness (QED) is 0.792. The average Bonchev–Trinajstić information content (AvgIpc) is 2.84. The van der Waals surface area contributed by atoms with Crippen molar-refractivity contribution in [3.63, 3.8) is 0 Å². The van der Waals surface area contributed by atoms with Crippen LogP contribution in [0.1, 0.15) is 33.6 Å². The Labute approximate surface area is 157 Å². The number of ether oxygens (including phenoxy) is 2. The van der Waals surface area contributed by atoms with Crippen molar-refractivity contribution in [1.29, 1.82) is 0 Å². The Kier molecular flexibility index (Phi) is 4.71. The van der Waals surface area contributed by atoms with Crippen molar-refractivity contribution in [3.05, 3.63) is 18.3 Å². The molecule has 1 aromatic rings. The number of likely N-dealkylation sites (tertiary alicyclic amines) is 1. The van der Waals surface area contributed by atoms with Crippen LogP contribution in [0.5, 0.6) is 5.88 Å². The van der Waals surface area contributed by atoms with Crippen molar-refractivity contribution < 1.29 is 23.9 Å². The predicted octanol–water partition coefficient (Wildman–Crippen LogP) is 1.92. The fourth-order valence-electron chi connectivity index (χ4n) is 3.42. The van der Waals surface area contributed by atoms with E-state index in [-0.39, 0.29) is 5.91 Å². The van der Waals surface area contributed by atoms with Gasteiger partial charge in [0.2, 0.25) is 5.88 Å². The Morgan fingerprint density at radius 2 is 1.93 bits per heavy atom. The summed E-state index contributed by atoms with van der Waals surface area (Å²) in [6.07, 6.45) is 1.73. The van der Waals surface area contributed by atoms with Gasteiger partial charge in [-0.25, -0.2) is 14.6 Å². The summed E-state index contributed by atoms with van der Waals surface area (Å²) < 4.78 is 10.5. The van der Waals surface area contributed by atoms with Gasteiger partial charge in [0, 0.05) is 25.4 Å². The number of nitrogens with one attached hydrogen (secondary N) is 1. The third-order valence-electron chi connectivity index (χ3n) is 4.70. The Morgan fingerprint density at radius 1 is 1.26 bits per heavy atom. The SMILES string of the molecule is COc1cc(N2C(=O)NC(=O)C23CCN(C(=O)OC(C)(C)C)CC3)ccn1. The molecule has 2 saturated heterocycles. The minimum Gasteiger partial charge on any atom is -0.481 e. The molecule has 27 heavy (non-hydrogen) atoms. The lowest BCUT2D eigenvalue weighted by molar-refractivity contribution is -0.124. The highest BCUT2D eigenvalue weighted by molar-refractivity contribution is 6.17. The zero-order valence-corrected chi connectivity index (χ0v) is 15.9. The van der Waals surface area contributed by atoms with E-state index < -0.39 is 23.3 Å². The summed E-state index contributed by atoms with van der Waals surface area (Å²) >= 11 is 0. The molecule has 4 amide bonds. The predicted molar refractivity (Wildman–Crippen MR) is 96.6 cm³/mol. The van der Waals surface area contributed by atoms with Crippen molar-refractivity contribution in [2.45, 2.75) is 44.8 Å². The van der Waals surface area contributed by atoms with Crippen LogP contribution in [0.4, 0.5) is 15.3 Å². The van der Waals surface area contributed by atoms with E-state index >= 15 is 0 Å². The van der Waals surface area contributed by atoms with Crippen LogP contribution in [0, 0.1) is 0 Å². The maximum absolute atomic E-state index is 12.6. The van der Waals surface area contributed by atoms with Crippen LogP contribution in [-0.4, -0.2) is 59.3 Å².